The van der Waals surface area contributed by atoms with Gasteiger partial charge in [-0.15, -0.1) is 0 Å². The topological polar surface area (TPSA) is 46.5 Å². The van der Waals surface area contributed by atoms with Gasteiger partial charge in [0.15, 0.2) is 5.60 Å². The fourth-order valence-corrected chi connectivity index (χ4v) is 2.33. The monoisotopic (exact) mass is 156 g/mol. The SMILES string of the molecule is COC(=O)[C@]1(O)CC2CC1C2. The molecule has 1 atom stereocenters. The number of carbonyl (C=O) groups is 1. The first-order valence-corrected chi connectivity index (χ1v) is 3.97. The Balaban J connectivity index is 2.16. The van der Waals surface area contributed by atoms with E-state index in [1.165, 1.54) is 7.11 Å². The van der Waals surface area contributed by atoms with E-state index in [4.69, 9.17) is 0 Å². The fourth-order valence-electron chi connectivity index (χ4n) is 2.33. The van der Waals surface area contributed by atoms with Gasteiger partial charge in [-0.1, -0.05) is 0 Å². The van der Waals surface area contributed by atoms with Crippen LogP contribution < -0.4 is 0 Å². The highest BCUT2D eigenvalue weighted by atomic mass is 16.5. The Hall–Kier alpha value is -0.570. The van der Waals surface area contributed by atoms with Crippen LogP contribution in [0.25, 0.3) is 0 Å². The molecule has 0 aromatic carbocycles. The largest absolute Gasteiger partial charge is 0.467 e. The van der Waals surface area contributed by atoms with Crippen molar-refractivity contribution in [2.45, 2.75) is 24.9 Å². The molecule has 11 heavy (non-hydrogen) atoms. The van der Waals surface area contributed by atoms with Gasteiger partial charge in [-0.05, 0) is 31.1 Å². The van der Waals surface area contributed by atoms with E-state index < -0.39 is 11.6 Å². The second kappa shape index (κ2) is 1.97. The smallest absolute Gasteiger partial charge is 0.338 e. The molecule has 0 heterocycles. The van der Waals surface area contributed by atoms with Crippen LogP contribution in [0.1, 0.15) is 19.3 Å². The molecule has 0 spiro atoms. The molecular formula is C8H12O3. The maximum absolute atomic E-state index is 11.1. The van der Waals surface area contributed by atoms with Crippen LogP contribution >= 0.6 is 0 Å². The predicted octanol–water partition coefficient (Wildman–Crippen LogP) is 0.320. The minimum atomic E-state index is -1.13. The Morgan fingerprint density at radius 1 is 1.64 bits per heavy atom. The lowest BCUT2D eigenvalue weighted by Crippen LogP contribution is -2.41. The minimum absolute atomic E-state index is 0.181. The first kappa shape index (κ1) is 7.10. The van der Waals surface area contributed by atoms with Gasteiger partial charge in [-0.2, -0.15) is 0 Å². The summed E-state index contributed by atoms with van der Waals surface area (Å²) in [4.78, 5) is 11.1. The summed E-state index contributed by atoms with van der Waals surface area (Å²) in [5.74, 6) is 0.312. The normalized spacial score (nSPS) is 46.7. The van der Waals surface area contributed by atoms with E-state index in [1.807, 2.05) is 0 Å². The highest BCUT2D eigenvalue weighted by Crippen LogP contribution is 2.55. The number of fused-ring (bicyclic) bond motifs is 1. The third-order valence-corrected chi connectivity index (χ3v) is 3.05. The van der Waals surface area contributed by atoms with Crippen molar-refractivity contribution < 1.29 is 14.6 Å². The maximum atomic E-state index is 11.1. The third-order valence-electron chi connectivity index (χ3n) is 3.05. The second-order valence-corrected chi connectivity index (χ2v) is 3.65. The highest BCUT2D eigenvalue weighted by Gasteiger charge is 2.59. The van der Waals surface area contributed by atoms with E-state index in [1.54, 1.807) is 0 Å². The maximum Gasteiger partial charge on any atom is 0.338 e. The van der Waals surface area contributed by atoms with Gasteiger partial charge in [0.1, 0.15) is 0 Å². The van der Waals surface area contributed by atoms with E-state index in [2.05, 4.69) is 4.74 Å². The van der Waals surface area contributed by atoms with Crippen molar-refractivity contribution >= 4 is 5.97 Å². The van der Waals surface area contributed by atoms with Gasteiger partial charge in [-0.3, -0.25) is 0 Å². The number of carbonyl (C=O) groups excluding carboxylic acids is 1. The van der Waals surface area contributed by atoms with Crippen LogP contribution in [0.2, 0.25) is 0 Å². The van der Waals surface area contributed by atoms with Gasteiger partial charge in [0.2, 0.25) is 0 Å². The summed E-state index contributed by atoms with van der Waals surface area (Å²) in [7, 11) is 1.33. The average Bonchev–Trinajstić information content (AvgIpc) is 2.38. The van der Waals surface area contributed by atoms with Gasteiger partial charge in [0.05, 0.1) is 7.11 Å². The minimum Gasteiger partial charge on any atom is -0.467 e. The van der Waals surface area contributed by atoms with Crippen molar-refractivity contribution in [1.29, 1.82) is 0 Å². The number of aliphatic hydroxyl groups is 1. The quantitative estimate of drug-likeness (QED) is 0.556. The van der Waals surface area contributed by atoms with Gasteiger partial charge < -0.3 is 9.84 Å². The van der Waals surface area contributed by atoms with Gasteiger partial charge >= 0.3 is 5.97 Å². The number of ether oxygens (including phenoxy) is 1. The first-order valence-electron chi connectivity index (χ1n) is 3.97. The molecule has 3 aliphatic rings. The van der Waals surface area contributed by atoms with Crippen LogP contribution in [0, 0.1) is 11.8 Å². The fraction of sp³-hybridized carbons (Fsp3) is 0.875. The Morgan fingerprint density at radius 3 is 2.64 bits per heavy atom. The molecule has 0 amide bonds. The first-order chi connectivity index (χ1) is 5.16. The molecular weight excluding hydrogens is 144 g/mol. The summed E-state index contributed by atoms with van der Waals surface area (Å²) >= 11 is 0. The zero-order valence-electron chi connectivity index (χ0n) is 6.54. The number of hydrogen-bond acceptors (Lipinski definition) is 3. The lowest BCUT2D eigenvalue weighted by molar-refractivity contribution is -0.164. The van der Waals surface area contributed by atoms with Crippen molar-refractivity contribution in [3.63, 3.8) is 0 Å². The summed E-state index contributed by atoms with van der Waals surface area (Å²) in [6.45, 7) is 0. The van der Waals surface area contributed by atoms with Crippen LogP contribution in [0.15, 0.2) is 0 Å². The molecule has 0 aliphatic heterocycles. The molecule has 3 saturated carbocycles. The molecule has 3 nitrogen and oxygen atoms in total. The van der Waals surface area contributed by atoms with Crippen molar-refractivity contribution in [3.05, 3.63) is 0 Å². The molecule has 0 aromatic heterocycles. The Labute approximate surface area is 65.4 Å². The summed E-state index contributed by atoms with van der Waals surface area (Å²) in [5.41, 5.74) is -1.13. The number of hydrogen-bond donors (Lipinski definition) is 1. The van der Waals surface area contributed by atoms with Crippen LogP contribution in [-0.2, 0) is 9.53 Å². The Morgan fingerprint density at radius 2 is 2.27 bits per heavy atom. The lowest BCUT2D eigenvalue weighted by atomic mass is 9.81. The van der Waals surface area contributed by atoms with Crippen molar-refractivity contribution in [2.24, 2.45) is 11.8 Å². The summed E-state index contributed by atoms with van der Waals surface area (Å²) in [5, 5.41) is 9.80. The lowest BCUT2D eigenvalue weighted by Gasteiger charge is -2.27. The molecule has 3 aliphatic carbocycles. The van der Waals surface area contributed by atoms with E-state index >= 15 is 0 Å². The van der Waals surface area contributed by atoms with Crippen molar-refractivity contribution in [2.75, 3.05) is 7.11 Å². The summed E-state index contributed by atoms with van der Waals surface area (Å²) in [6, 6.07) is 0. The Bertz CT molecular complexity index is 196. The molecule has 62 valence electrons. The molecule has 2 bridgehead atoms. The van der Waals surface area contributed by atoms with Crippen molar-refractivity contribution in [1.82, 2.24) is 0 Å². The molecule has 3 heteroatoms. The molecule has 0 saturated heterocycles. The van der Waals surface area contributed by atoms with Gasteiger partial charge in [-0.25, -0.2) is 4.79 Å². The number of methoxy groups -OCH3 is 1. The zero-order chi connectivity index (χ0) is 8.06. The van der Waals surface area contributed by atoms with Gasteiger partial charge in [0.25, 0.3) is 0 Å². The van der Waals surface area contributed by atoms with Crippen molar-refractivity contribution in [3.8, 4) is 0 Å². The van der Waals surface area contributed by atoms with Gasteiger partial charge in [0, 0.05) is 0 Å². The molecule has 0 aromatic rings. The van der Waals surface area contributed by atoms with E-state index in [9.17, 15) is 9.90 Å². The number of rotatable bonds is 1. The molecule has 0 radical (unpaired) electrons. The van der Waals surface area contributed by atoms with Crippen LogP contribution in [0.5, 0.6) is 0 Å². The molecule has 0 unspecified atom stereocenters. The van der Waals surface area contributed by atoms with E-state index in [0.717, 1.165) is 12.8 Å². The standard InChI is InChI=1S/C8H12O3/c1-11-7(9)8(10)4-5-2-6(8)3-5/h5-6,10H,2-4H2,1H3/t5?,6?,8-/m0/s1. The molecule has 3 rings (SSSR count). The van der Waals surface area contributed by atoms with Crippen LogP contribution in [0.3, 0.4) is 0 Å². The average molecular weight is 156 g/mol. The predicted molar refractivity (Wildman–Crippen MR) is 37.8 cm³/mol. The summed E-state index contributed by atoms with van der Waals surface area (Å²) in [6.07, 6.45) is 2.63. The Kier molecular flexibility index (Phi) is 1.27. The molecule has 1 N–H and O–H groups in total. The third kappa shape index (κ3) is 0.745. The molecule has 3 fully saturated rings. The number of esters is 1. The van der Waals surface area contributed by atoms with E-state index in [0.29, 0.717) is 12.3 Å². The highest BCUT2D eigenvalue weighted by molar-refractivity contribution is 5.80. The summed E-state index contributed by atoms with van der Waals surface area (Å²) < 4.78 is 4.55. The van der Waals surface area contributed by atoms with Crippen LogP contribution in [0.4, 0.5) is 0 Å². The van der Waals surface area contributed by atoms with Crippen LogP contribution in [-0.4, -0.2) is 23.8 Å². The second-order valence-electron chi connectivity index (χ2n) is 3.65. The zero-order valence-corrected chi connectivity index (χ0v) is 6.54. The van der Waals surface area contributed by atoms with E-state index in [-0.39, 0.29) is 5.92 Å².